The number of benzene rings is 2. The van der Waals surface area contributed by atoms with Crippen molar-refractivity contribution in [2.75, 3.05) is 23.1 Å². The summed E-state index contributed by atoms with van der Waals surface area (Å²) in [4.78, 5) is 11.1. The van der Waals surface area contributed by atoms with Gasteiger partial charge in [0, 0.05) is 29.6 Å². The Bertz CT molecular complexity index is 1400. The molecule has 3 aromatic rings. The van der Waals surface area contributed by atoms with Crippen molar-refractivity contribution >= 4 is 50.1 Å². The van der Waals surface area contributed by atoms with Crippen molar-refractivity contribution in [1.82, 2.24) is 15.3 Å². The van der Waals surface area contributed by atoms with E-state index in [4.69, 9.17) is 9.72 Å². The maximum absolute atomic E-state index is 12.8. The lowest BCUT2D eigenvalue weighted by Crippen LogP contribution is -2.38. The van der Waals surface area contributed by atoms with Crippen molar-refractivity contribution in [3.05, 3.63) is 71.6 Å². The molecule has 0 radical (unpaired) electrons. The first kappa shape index (κ1) is 26.7. The molecule has 0 spiro atoms. The van der Waals surface area contributed by atoms with Crippen LogP contribution >= 0.6 is 11.8 Å². The van der Waals surface area contributed by atoms with Crippen LogP contribution in [0.5, 0.6) is 5.75 Å². The Morgan fingerprint density at radius 2 is 1.97 bits per heavy atom. The number of allylic oxidation sites excluding steroid dienone is 2. The van der Waals surface area contributed by atoms with Crippen molar-refractivity contribution in [3.63, 3.8) is 0 Å². The Hall–Kier alpha value is -2.88. The molecule has 2 fully saturated rings. The second kappa shape index (κ2) is 11.5. The minimum atomic E-state index is -1.13. The fraction of sp³-hybridized carbons (Fsp3) is 0.379. The summed E-state index contributed by atoms with van der Waals surface area (Å²) >= 11 is 1.54. The van der Waals surface area contributed by atoms with E-state index < -0.39 is 11.0 Å². The minimum absolute atomic E-state index is 0.136. The highest BCUT2D eigenvalue weighted by molar-refractivity contribution is 8.11. The van der Waals surface area contributed by atoms with Crippen molar-refractivity contribution in [2.45, 2.75) is 57.2 Å². The number of anilines is 2. The second-order valence-corrected chi connectivity index (χ2v) is 13.3. The number of fused-ring (bicyclic) bond motifs is 1. The van der Waals surface area contributed by atoms with Crippen LogP contribution in [0.25, 0.3) is 15.7 Å². The highest BCUT2D eigenvalue weighted by atomic mass is 32.2. The van der Waals surface area contributed by atoms with Crippen LogP contribution in [0, 0.1) is 0 Å². The molecule has 3 N–H and O–H groups in total. The first-order valence-corrected chi connectivity index (χ1v) is 15.0. The maximum Gasteiger partial charge on any atom is 0.223 e. The third-order valence-electron chi connectivity index (χ3n) is 6.87. The molecule has 2 atom stereocenters. The molecule has 2 heterocycles. The van der Waals surface area contributed by atoms with Crippen molar-refractivity contribution in [3.8, 4) is 5.75 Å². The van der Waals surface area contributed by atoms with Gasteiger partial charge in [0.05, 0.1) is 21.0 Å². The molecule has 2 unspecified atom stereocenters. The van der Waals surface area contributed by atoms with Gasteiger partial charge in [0.1, 0.15) is 22.5 Å². The third-order valence-corrected chi connectivity index (χ3v) is 9.62. The van der Waals surface area contributed by atoms with E-state index in [1.54, 1.807) is 6.20 Å². The topological polar surface area (TPSA) is 88.2 Å². The van der Waals surface area contributed by atoms with Gasteiger partial charge in [0.2, 0.25) is 5.95 Å². The molecule has 1 aromatic heterocycles. The summed E-state index contributed by atoms with van der Waals surface area (Å²) in [6.45, 7) is 12.1. The number of rotatable bonds is 10. The summed E-state index contributed by atoms with van der Waals surface area (Å²) in [5, 5.41) is 8.81. The van der Waals surface area contributed by atoms with Gasteiger partial charge in [-0.3, -0.25) is 0 Å². The molecule has 1 aliphatic heterocycles. The first-order valence-electron chi connectivity index (χ1n) is 13.1. The molecule has 1 aliphatic carbocycles. The second-order valence-electron chi connectivity index (χ2n) is 10.2. The molecule has 200 valence electrons. The van der Waals surface area contributed by atoms with E-state index in [0.717, 1.165) is 82.2 Å². The van der Waals surface area contributed by atoms with E-state index in [0.29, 0.717) is 12.0 Å². The lowest BCUT2D eigenvalue weighted by molar-refractivity contribution is 0.437. The quantitative estimate of drug-likeness (QED) is 0.250. The van der Waals surface area contributed by atoms with Gasteiger partial charge in [0.15, 0.2) is 0 Å². The maximum atomic E-state index is 12.8. The lowest BCUT2D eigenvalue weighted by atomic mass is 10.1. The van der Waals surface area contributed by atoms with Gasteiger partial charge in [-0.1, -0.05) is 42.6 Å². The standard InChI is InChI=1S/C29H35N5O2S2/c1-19(2)37-27(25-13-17-31-28(33-25)32-21-8-7-16-30-18-21)20(3)36-26-12-11-24(22-9-5-6-10-23(22)26)34-38(35)29(4)14-15-29/h5-6,9-13,17,21,30,34H,1,7-8,14-16,18H2,2-4H3,(H,31,32,33)/b27-20+. The summed E-state index contributed by atoms with van der Waals surface area (Å²) in [5.74, 6) is 2.07. The number of hydrogen-bond donors (Lipinski definition) is 3. The number of aromatic nitrogens is 2. The average Bonchev–Trinajstić information content (AvgIpc) is 3.68. The monoisotopic (exact) mass is 549 g/mol. The van der Waals surface area contributed by atoms with Crippen molar-refractivity contribution in [1.29, 1.82) is 0 Å². The molecule has 0 bridgehead atoms. The van der Waals surface area contributed by atoms with E-state index >= 15 is 0 Å². The van der Waals surface area contributed by atoms with Gasteiger partial charge < -0.3 is 20.1 Å². The van der Waals surface area contributed by atoms with Gasteiger partial charge in [-0.05, 0) is 76.1 Å². The number of thioether (sulfide) groups is 1. The van der Waals surface area contributed by atoms with Crippen LogP contribution in [-0.4, -0.2) is 38.1 Å². The number of nitrogens with one attached hydrogen (secondary N) is 3. The highest BCUT2D eigenvalue weighted by Crippen LogP contribution is 2.43. The van der Waals surface area contributed by atoms with Gasteiger partial charge >= 0.3 is 0 Å². The third kappa shape index (κ3) is 6.22. The summed E-state index contributed by atoms with van der Waals surface area (Å²) in [6, 6.07) is 14.1. The van der Waals surface area contributed by atoms with E-state index in [1.165, 1.54) is 11.8 Å². The molecule has 2 aromatic carbocycles. The average molecular weight is 550 g/mol. The van der Waals surface area contributed by atoms with Crippen molar-refractivity contribution < 1.29 is 8.95 Å². The fourth-order valence-electron chi connectivity index (χ4n) is 4.44. The molecule has 5 rings (SSSR count). The Morgan fingerprint density at radius 1 is 1.18 bits per heavy atom. The number of ether oxygens (including phenoxy) is 1. The normalized spacial score (nSPS) is 19.8. The van der Waals surface area contributed by atoms with Crippen molar-refractivity contribution in [2.24, 2.45) is 0 Å². The van der Waals surface area contributed by atoms with Gasteiger partial charge in [-0.25, -0.2) is 14.2 Å². The molecule has 2 aliphatic rings. The van der Waals surface area contributed by atoms with E-state index in [2.05, 4.69) is 33.8 Å². The van der Waals surface area contributed by atoms with Crippen LogP contribution in [0.15, 0.2) is 65.9 Å². The number of nitrogens with zero attached hydrogens (tertiary/aromatic N) is 2. The molecule has 38 heavy (non-hydrogen) atoms. The van der Waals surface area contributed by atoms with Crippen LogP contribution in [0.3, 0.4) is 0 Å². The van der Waals surface area contributed by atoms with E-state index in [-0.39, 0.29) is 4.75 Å². The molecule has 9 heteroatoms. The summed E-state index contributed by atoms with van der Waals surface area (Å²) < 4.78 is 22.4. The Balaban J connectivity index is 1.44. The smallest absolute Gasteiger partial charge is 0.223 e. The van der Waals surface area contributed by atoms with Gasteiger partial charge in [-0.2, -0.15) is 0 Å². The summed E-state index contributed by atoms with van der Waals surface area (Å²) in [5.41, 5.74) is 1.63. The minimum Gasteiger partial charge on any atom is -0.460 e. The summed E-state index contributed by atoms with van der Waals surface area (Å²) in [7, 11) is -1.13. The Labute approximate surface area is 231 Å². The van der Waals surface area contributed by atoms with Crippen LogP contribution < -0.4 is 20.1 Å². The zero-order chi connectivity index (χ0) is 26.7. The van der Waals surface area contributed by atoms with E-state index in [1.807, 2.05) is 56.3 Å². The first-order chi connectivity index (χ1) is 18.3. The van der Waals surface area contributed by atoms with Gasteiger partial charge in [-0.15, -0.1) is 0 Å². The summed E-state index contributed by atoms with van der Waals surface area (Å²) in [6.07, 6.45) is 5.98. The molecule has 7 nitrogen and oxygen atoms in total. The lowest BCUT2D eigenvalue weighted by Gasteiger charge is -2.24. The molecule has 1 saturated carbocycles. The number of piperidine rings is 1. The molecular weight excluding hydrogens is 514 g/mol. The van der Waals surface area contributed by atoms with Gasteiger partial charge in [0.25, 0.3) is 0 Å². The SMILES string of the molecule is C=C(C)S/C(=C(\C)Oc1ccc(NS(=O)C2(C)CC2)c2ccccc12)c1ccnc(NC2CCCNC2)n1. The van der Waals surface area contributed by atoms with Crippen LogP contribution in [0.4, 0.5) is 11.6 Å². The zero-order valence-corrected chi connectivity index (χ0v) is 23.8. The fourth-order valence-corrected chi connectivity index (χ4v) is 6.29. The molecule has 0 amide bonds. The number of hydrogen-bond acceptors (Lipinski definition) is 7. The van der Waals surface area contributed by atoms with Crippen LogP contribution in [0.1, 0.15) is 52.1 Å². The molecular formula is C29H35N5O2S2. The predicted molar refractivity (Wildman–Crippen MR) is 161 cm³/mol. The Kier molecular flexibility index (Phi) is 8.07. The largest absolute Gasteiger partial charge is 0.460 e. The van der Waals surface area contributed by atoms with E-state index in [9.17, 15) is 4.21 Å². The highest BCUT2D eigenvalue weighted by Gasteiger charge is 2.44. The molecule has 1 saturated heterocycles. The predicted octanol–water partition coefficient (Wildman–Crippen LogP) is 6.46. The zero-order valence-electron chi connectivity index (χ0n) is 22.2. The Morgan fingerprint density at radius 3 is 2.68 bits per heavy atom. The van der Waals surface area contributed by atoms with Crippen LogP contribution in [0.2, 0.25) is 0 Å². The van der Waals surface area contributed by atoms with Crippen LogP contribution in [-0.2, 0) is 11.0 Å².